The molecule has 7 heteroatoms. The number of hydrogen-bond acceptors (Lipinski definition) is 5. The third-order valence-electron chi connectivity index (χ3n) is 3.74. The molecule has 0 aliphatic heterocycles. The molecule has 0 saturated carbocycles. The molecule has 6 nitrogen and oxygen atoms in total. The molecule has 2 aromatic heterocycles. The fraction of sp³-hybridized carbons (Fsp3) is 0.333. The van der Waals surface area contributed by atoms with E-state index in [4.69, 9.17) is 4.42 Å². The molecule has 0 bridgehead atoms. The summed E-state index contributed by atoms with van der Waals surface area (Å²) in [6.45, 7) is 0. The van der Waals surface area contributed by atoms with Gasteiger partial charge >= 0.3 is 0 Å². The molecule has 0 radical (unpaired) electrons. The average molecular weight is 320 g/mol. The first-order chi connectivity index (χ1) is 10.5. The number of fused-ring (bicyclic) bond motifs is 1. The summed E-state index contributed by atoms with van der Waals surface area (Å²) in [6, 6.07) is 4.56. The SMILES string of the molecule is CS(=O)(=O)c1cccnc1C(=O)NC1CCCc2occc21. The first-order valence-electron chi connectivity index (χ1n) is 6.99. The smallest absolute Gasteiger partial charge is 0.271 e. The van der Waals surface area contributed by atoms with Crippen LogP contribution >= 0.6 is 0 Å². The van der Waals surface area contributed by atoms with Crippen molar-refractivity contribution in [3.05, 3.63) is 47.7 Å². The molecule has 1 aliphatic carbocycles. The molecular formula is C15H16N2O4S. The van der Waals surface area contributed by atoms with Crippen LogP contribution in [0.15, 0.2) is 40.0 Å². The summed E-state index contributed by atoms with van der Waals surface area (Å²) < 4.78 is 28.9. The predicted molar refractivity (Wildman–Crippen MR) is 79.2 cm³/mol. The molecule has 1 amide bonds. The Bertz CT molecular complexity index is 810. The third kappa shape index (κ3) is 2.76. The van der Waals surface area contributed by atoms with E-state index in [2.05, 4.69) is 10.3 Å². The van der Waals surface area contributed by atoms with E-state index < -0.39 is 15.7 Å². The summed E-state index contributed by atoms with van der Waals surface area (Å²) in [5.74, 6) is 0.390. The van der Waals surface area contributed by atoms with Crippen molar-refractivity contribution in [1.82, 2.24) is 10.3 Å². The largest absolute Gasteiger partial charge is 0.469 e. The van der Waals surface area contributed by atoms with Crippen LogP contribution < -0.4 is 5.32 Å². The third-order valence-corrected chi connectivity index (χ3v) is 4.87. The number of amides is 1. The van der Waals surface area contributed by atoms with E-state index in [0.717, 1.165) is 36.8 Å². The van der Waals surface area contributed by atoms with Crippen LogP contribution in [0.3, 0.4) is 0 Å². The maximum absolute atomic E-state index is 12.4. The maximum atomic E-state index is 12.4. The van der Waals surface area contributed by atoms with Crippen molar-refractivity contribution >= 4 is 15.7 Å². The fourth-order valence-electron chi connectivity index (χ4n) is 2.72. The van der Waals surface area contributed by atoms with Crippen LogP contribution in [-0.2, 0) is 16.3 Å². The monoisotopic (exact) mass is 320 g/mol. The summed E-state index contributed by atoms with van der Waals surface area (Å²) in [5, 5.41) is 2.86. The molecule has 1 atom stereocenters. The second-order valence-corrected chi connectivity index (χ2v) is 7.32. The van der Waals surface area contributed by atoms with Crippen LogP contribution in [0.5, 0.6) is 0 Å². The van der Waals surface area contributed by atoms with Crippen molar-refractivity contribution in [2.75, 3.05) is 6.26 Å². The molecule has 2 heterocycles. The summed E-state index contributed by atoms with van der Waals surface area (Å²) in [7, 11) is -3.51. The van der Waals surface area contributed by atoms with Gasteiger partial charge in [0.15, 0.2) is 9.84 Å². The number of nitrogens with zero attached hydrogens (tertiary/aromatic N) is 1. The van der Waals surface area contributed by atoms with Crippen LogP contribution in [0.4, 0.5) is 0 Å². The van der Waals surface area contributed by atoms with Gasteiger partial charge in [-0.15, -0.1) is 0 Å². The molecule has 116 valence electrons. The van der Waals surface area contributed by atoms with Gasteiger partial charge in [0.25, 0.3) is 5.91 Å². The zero-order valence-corrected chi connectivity index (χ0v) is 12.9. The Balaban J connectivity index is 1.89. The lowest BCUT2D eigenvalue weighted by Gasteiger charge is -2.22. The van der Waals surface area contributed by atoms with E-state index in [1.165, 1.54) is 18.3 Å². The molecule has 22 heavy (non-hydrogen) atoms. The number of rotatable bonds is 3. The van der Waals surface area contributed by atoms with Crippen LogP contribution in [0, 0.1) is 0 Å². The van der Waals surface area contributed by atoms with Gasteiger partial charge in [-0.3, -0.25) is 4.79 Å². The van der Waals surface area contributed by atoms with E-state index in [0.29, 0.717) is 0 Å². The van der Waals surface area contributed by atoms with Crippen molar-refractivity contribution < 1.29 is 17.6 Å². The van der Waals surface area contributed by atoms with Crippen molar-refractivity contribution in [3.8, 4) is 0 Å². The first-order valence-corrected chi connectivity index (χ1v) is 8.88. The number of furan rings is 1. The second-order valence-electron chi connectivity index (χ2n) is 5.34. The Morgan fingerprint density at radius 1 is 1.41 bits per heavy atom. The Morgan fingerprint density at radius 3 is 3.00 bits per heavy atom. The van der Waals surface area contributed by atoms with Gasteiger partial charge in [-0.1, -0.05) is 0 Å². The van der Waals surface area contributed by atoms with Gasteiger partial charge in [-0.05, 0) is 31.0 Å². The van der Waals surface area contributed by atoms with Crippen molar-refractivity contribution in [1.29, 1.82) is 0 Å². The Labute approximate surface area is 128 Å². The lowest BCUT2D eigenvalue weighted by molar-refractivity contribution is 0.0923. The van der Waals surface area contributed by atoms with E-state index in [1.807, 2.05) is 6.07 Å². The molecule has 1 N–H and O–H groups in total. The summed E-state index contributed by atoms with van der Waals surface area (Å²) in [5.41, 5.74) is 0.886. The van der Waals surface area contributed by atoms with Crippen molar-refractivity contribution in [2.45, 2.75) is 30.2 Å². The Kier molecular flexibility index (Phi) is 3.74. The molecule has 2 aromatic rings. The zero-order chi connectivity index (χ0) is 15.7. The molecule has 0 spiro atoms. The molecule has 3 rings (SSSR count). The molecule has 0 fully saturated rings. The fourth-order valence-corrected chi connectivity index (χ4v) is 3.55. The highest BCUT2D eigenvalue weighted by Crippen LogP contribution is 2.30. The molecule has 0 aromatic carbocycles. The van der Waals surface area contributed by atoms with Crippen molar-refractivity contribution in [3.63, 3.8) is 0 Å². The number of aromatic nitrogens is 1. The molecule has 1 unspecified atom stereocenters. The Hall–Kier alpha value is -2.15. The van der Waals surface area contributed by atoms with Crippen LogP contribution in [0.25, 0.3) is 0 Å². The van der Waals surface area contributed by atoms with E-state index in [-0.39, 0.29) is 16.6 Å². The topological polar surface area (TPSA) is 89.3 Å². The number of aryl methyl sites for hydroxylation is 1. The van der Waals surface area contributed by atoms with Gasteiger partial charge in [-0.25, -0.2) is 13.4 Å². The minimum absolute atomic E-state index is 0.0595. The van der Waals surface area contributed by atoms with E-state index in [9.17, 15) is 13.2 Å². The van der Waals surface area contributed by atoms with Gasteiger partial charge in [-0.2, -0.15) is 0 Å². The Morgan fingerprint density at radius 2 is 2.23 bits per heavy atom. The van der Waals surface area contributed by atoms with Gasteiger partial charge < -0.3 is 9.73 Å². The van der Waals surface area contributed by atoms with Crippen LogP contribution in [0.2, 0.25) is 0 Å². The normalized spacial score (nSPS) is 17.8. The minimum Gasteiger partial charge on any atom is -0.469 e. The second kappa shape index (κ2) is 5.57. The minimum atomic E-state index is -3.51. The van der Waals surface area contributed by atoms with Gasteiger partial charge in [0.05, 0.1) is 17.2 Å². The average Bonchev–Trinajstić information content (AvgIpc) is 2.96. The summed E-state index contributed by atoms with van der Waals surface area (Å²) in [4.78, 5) is 16.3. The van der Waals surface area contributed by atoms with Gasteiger partial charge in [0.2, 0.25) is 0 Å². The number of carbonyl (C=O) groups is 1. The van der Waals surface area contributed by atoms with Crippen LogP contribution in [0.1, 0.15) is 40.7 Å². The highest BCUT2D eigenvalue weighted by atomic mass is 32.2. The predicted octanol–water partition coefficient (Wildman–Crippen LogP) is 1.89. The quantitative estimate of drug-likeness (QED) is 0.932. The molecule has 0 saturated heterocycles. The number of hydrogen-bond donors (Lipinski definition) is 1. The van der Waals surface area contributed by atoms with Gasteiger partial charge in [0, 0.05) is 24.4 Å². The first kappa shape index (κ1) is 14.8. The lowest BCUT2D eigenvalue weighted by Crippen LogP contribution is -2.32. The van der Waals surface area contributed by atoms with Crippen LogP contribution in [-0.4, -0.2) is 25.6 Å². The lowest BCUT2D eigenvalue weighted by atomic mass is 9.93. The van der Waals surface area contributed by atoms with Gasteiger partial charge in [0.1, 0.15) is 11.5 Å². The van der Waals surface area contributed by atoms with E-state index in [1.54, 1.807) is 6.26 Å². The van der Waals surface area contributed by atoms with Crippen molar-refractivity contribution in [2.24, 2.45) is 0 Å². The molecular weight excluding hydrogens is 304 g/mol. The number of carbonyl (C=O) groups excluding carboxylic acids is 1. The maximum Gasteiger partial charge on any atom is 0.271 e. The standard InChI is InChI=1S/C15H16N2O4S/c1-22(19,20)13-6-3-8-16-14(13)15(18)17-11-4-2-5-12-10(11)7-9-21-12/h3,6-9,11H,2,4-5H2,1H3,(H,17,18). The highest BCUT2D eigenvalue weighted by molar-refractivity contribution is 7.90. The number of sulfone groups is 1. The highest BCUT2D eigenvalue weighted by Gasteiger charge is 2.27. The summed E-state index contributed by atoms with van der Waals surface area (Å²) >= 11 is 0. The molecule has 1 aliphatic rings. The number of pyridine rings is 1. The van der Waals surface area contributed by atoms with E-state index >= 15 is 0 Å². The number of nitrogens with one attached hydrogen (secondary N) is 1. The summed E-state index contributed by atoms with van der Waals surface area (Å²) in [6.07, 6.45) is 6.64. The zero-order valence-electron chi connectivity index (χ0n) is 12.1.